The van der Waals surface area contributed by atoms with E-state index in [0.717, 1.165) is 6.54 Å². The van der Waals surface area contributed by atoms with Gasteiger partial charge in [-0.25, -0.2) is 10.4 Å². The van der Waals surface area contributed by atoms with Crippen LogP contribution in [-0.2, 0) is 6.54 Å². The Balaban J connectivity index is 1.65. The summed E-state index contributed by atoms with van der Waals surface area (Å²) in [5.74, 6) is 0. The van der Waals surface area contributed by atoms with Crippen molar-refractivity contribution in [2.24, 2.45) is 0 Å². The van der Waals surface area contributed by atoms with E-state index in [-0.39, 0.29) is 0 Å². The molecule has 1 fully saturated rings. The zero-order valence-corrected chi connectivity index (χ0v) is 9.01. The van der Waals surface area contributed by atoms with Gasteiger partial charge in [-0.3, -0.25) is 0 Å². The van der Waals surface area contributed by atoms with E-state index in [1.54, 1.807) is 0 Å². The Morgan fingerprint density at radius 2 is 1.50 bits per heavy atom. The molecule has 0 radical (unpaired) electrons. The second-order valence-corrected chi connectivity index (χ2v) is 4.06. The molecule has 2 nitrogen and oxygen atoms in total. The average Bonchev–Trinajstić information content (AvgIpc) is 3.11. The first kappa shape index (κ1) is 9.58. The highest BCUT2D eigenvalue weighted by Crippen LogP contribution is 2.29. The maximum Gasteiger partial charge on any atom is 0.112 e. The molecule has 0 aromatic heterocycles. The van der Waals surface area contributed by atoms with Crippen LogP contribution in [0.5, 0.6) is 0 Å². The topological polar surface area (TPSA) is 25.0 Å². The zero-order chi connectivity index (χ0) is 10.8. The first-order chi connectivity index (χ1) is 7.93. The fourth-order valence-electron chi connectivity index (χ4n) is 1.93. The van der Waals surface area contributed by atoms with Crippen LogP contribution in [0.3, 0.4) is 0 Å². The van der Waals surface area contributed by atoms with Crippen LogP contribution in [0, 0.1) is 0 Å². The standard InChI is InChI=1S/C14H14N2/c1-3-7-12(8-4-1)11-16-14(15-16)13-9-5-2-6-10-13/h1-10,14-15H,11H2/t14?,16-/m0/s1. The minimum Gasteiger partial charge on any atom is -0.230 e. The Morgan fingerprint density at radius 1 is 0.875 bits per heavy atom. The van der Waals surface area contributed by atoms with Crippen molar-refractivity contribution in [1.29, 1.82) is 0 Å². The summed E-state index contributed by atoms with van der Waals surface area (Å²) in [4.78, 5) is 0. The molecule has 1 heterocycles. The summed E-state index contributed by atoms with van der Waals surface area (Å²) in [5, 5.41) is 2.24. The molecule has 2 aromatic carbocycles. The van der Waals surface area contributed by atoms with E-state index in [2.05, 4.69) is 59.0 Å². The summed E-state index contributed by atoms with van der Waals surface area (Å²) in [6, 6.07) is 21.0. The van der Waals surface area contributed by atoms with Gasteiger partial charge in [-0.05, 0) is 11.1 Å². The predicted molar refractivity (Wildman–Crippen MR) is 64.3 cm³/mol. The van der Waals surface area contributed by atoms with Gasteiger partial charge in [0, 0.05) is 6.54 Å². The monoisotopic (exact) mass is 210 g/mol. The van der Waals surface area contributed by atoms with Crippen LogP contribution in [0.25, 0.3) is 0 Å². The van der Waals surface area contributed by atoms with Crippen LogP contribution in [-0.4, -0.2) is 5.01 Å². The van der Waals surface area contributed by atoms with Crippen molar-refractivity contribution in [3.63, 3.8) is 0 Å². The van der Waals surface area contributed by atoms with E-state index in [4.69, 9.17) is 0 Å². The van der Waals surface area contributed by atoms with E-state index in [9.17, 15) is 0 Å². The molecule has 0 spiro atoms. The molecule has 2 aromatic rings. The molecule has 16 heavy (non-hydrogen) atoms. The predicted octanol–water partition coefficient (Wildman–Crippen LogP) is 2.71. The lowest BCUT2D eigenvalue weighted by atomic mass is 10.2. The first-order valence-corrected chi connectivity index (χ1v) is 5.55. The molecular weight excluding hydrogens is 196 g/mol. The largest absolute Gasteiger partial charge is 0.230 e. The van der Waals surface area contributed by atoms with Crippen LogP contribution in [0.2, 0.25) is 0 Å². The van der Waals surface area contributed by atoms with Gasteiger partial charge in [0.05, 0.1) is 0 Å². The molecule has 2 atom stereocenters. The number of nitrogens with one attached hydrogen (secondary N) is 1. The molecule has 80 valence electrons. The lowest BCUT2D eigenvalue weighted by Crippen LogP contribution is -2.00. The van der Waals surface area contributed by atoms with Gasteiger partial charge in [0.1, 0.15) is 6.17 Å². The first-order valence-electron chi connectivity index (χ1n) is 5.55. The highest BCUT2D eigenvalue weighted by atomic mass is 15.7. The minimum atomic E-state index is 0.390. The van der Waals surface area contributed by atoms with E-state index in [1.807, 2.05) is 12.1 Å². The van der Waals surface area contributed by atoms with Crippen LogP contribution in [0.4, 0.5) is 0 Å². The number of nitrogens with zero attached hydrogens (tertiary/aromatic N) is 1. The highest BCUT2D eigenvalue weighted by Gasteiger charge is 2.33. The Kier molecular flexibility index (Phi) is 2.44. The van der Waals surface area contributed by atoms with Crippen molar-refractivity contribution in [2.75, 3.05) is 0 Å². The van der Waals surface area contributed by atoms with Gasteiger partial charge in [-0.15, -0.1) is 0 Å². The fraction of sp³-hybridized carbons (Fsp3) is 0.143. The lowest BCUT2D eigenvalue weighted by molar-refractivity contribution is 0.479. The van der Waals surface area contributed by atoms with E-state index >= 15 is 0 Å². The normalized spacial score (nSPS) is 23.0. The van der Waals surface area contributed by atoms with Crippen LogP contribution in [0.15, 0.2) is 60.7 Å². The van der Waals surface area contributed by atoms with Crippen LogP contribution < -0.4 is 5.43 Å². The summed E-state index contributed by atoms with van der Waals surface area (Å²) in [6.07, 6.45) is 0.390. The fourth-order valence-corrected chi connectivity index (χ4v) is 1.93. The van der Waals surface area contributed by atoms with Gasteiger partial charge in [0.25, 0.3) is 0 Å². The van der Waals surface area contributed by atoms with Crippen molar-refractivity contribution in [3.8, 4) is 0 Å². The Morgan fingerprint density at radius 3 is 2.19 bits per heavy atom. The van der Waals surface area contributed by atoms with Gasteiger partial charge in [-0.2, -0.15) is 0 Å². The molecule has 3 rings (SSSR count). The number of hydrazine groups is 1. The molecule has 2 heteroatoms. The molecule has 0 bridgehead atoms. The van der Waals surface area contributed by atoms with Crippen molar-refractivity contribution >= 4 is 0 Å². The summed E-state index contributed by atoms with van der Waals surface area (Å²) in [5.41, 5.74) is 6.04. The number of hydrogen-bond acceptors (Lipinski definition) is 2. The maximum atomic E-state index is 3.37. The smallest absolute Gasteiger partial charge is 0.112 e. The molecule has 0 saturated carbocycles. The minimum absolute atomic E-state index is 0.390. The molecule has 0 aliphatic carbocycles. The van der Waals surface area contributed by atoms with Gasteiger partial charge in [0.15, 0.2) is 0 Å². The van der Waals surface area contributed by atoms with Crippen molar-refractivity contribution in [1.82, 2.24) is 10.4 Å². The Labute approximate surface area is 95.5 Å². The molecule has 1 aliphatic heterocycles. The highest BCUT2D eigenvalue weighted by molar-refractivity contribution is 5.22. The third-order valence-electron chi connectivity index (χ3n) is 2.84. The molecule has 1 unspecified atom stereocenters. The second kappa shape index (κ2) is 4.08. The summed E-state index contributed by atoms with van der Waals surface area (Å²) in [6.45, 7) is 0.959. The average molecular weight is 210 g/mol. The number of benzene rings is 2. The lowest BCUT2D eigenvalue weighted by Gasteiger charge is -2.01. The van der Waals surface area contributed by atoms with Crippen LogP contribution >= 0.6 is 0 Å². The van der Waals surface area contributed by atoms with E-state index < -0.39 is 0 Å². The zero-order valence-electron chi connectivity index (χ0n) is 9.01. The summed E-state index contributed by atoms with van der Waals surface area (Å²) in [7, 11) is 0. The third kappa shape index (κ3) is 1.98. The van der Waals surface area contributed by atoms with Gasteiger partial charge in [0.2, 0.25) is 0 Å². The van der Waals surface area contributed by atoms with Crippen LogP contribution in [0.1, 0.15) is 17.3 Å². The van der Waals surface area contributed by atoms with Crippen molar-refractivity contribution in [3.05, 3.63) is 71.8 Å². The molecule has 1 aliphatic rings. The third-order valence-corrected chi connectivity index (χ3v) is 2.84. The molecule has 1 saturated heterocycles. The summed E-state index contributed by atoms with van der Waals surface area (Å²) >= 11 is 0. The van der Waals surface area contributed by atoms with Gasteiger partial charge < -0.3 is 0 Å². The number of hydrogen-bond donors (Lipinski definition) is 1. The van der Waals surface area contributed by atoms with Crippen molar-refractivity contribution in [2.45, 2.75) is 12.7 Å². The van der Waals surface area contributed by atoms with Gasteiger partial charge >= 0.3 is 0 Å². The summed E-state index contributed by atoms with van der Waals surface area (Å²) < 4.78 is 0. The van der Waals surface area contributed by atoms with E-state index in [1.165, 1.54) is 11.1 Å². The second-order valence-electron chi connectivity index (χ2n) is 4.06. The molecular formula is C14H14N2. The SMILES string of the molecule is c1ccc(C[N@]2NC2c2ccccc2)cc1. The van der Waals surface area contributed by atoms with Crippen molar-refractivity contribution < 1.29 is 0 Å². The number of rotatable bonds is 3. The molecule has 0 amide bonds. The molecule has 1 N–H and O–H groups in total. The Hall–Kier alpha value is -1.64. The quantitative estimate of drug-likeness (QED) is 0.788. The maximum absolute atomic E-state index is 3.37. The Bertz CT molecular complexity index is 453. The van der Waals surface area contributed by atoms with Gasteiger partial charge in [-0.1, -0.05) is 60.7 Å². The van der Waals surface area contributed by atoms with E-state index in [0.29, 0.717) is 6.17 Å².